The van der Waals surface area contributed by atoms with Crippen molar-refractivity contribution >= 4 is 12.0 Å². The summed E-state index contributed by atoms with van der Waals surface area (Å²) in [7, 11) is 1.79. The predicted octanol–water partition coefficient (Wildman–Crippen LogP) is 0.158. The molecule has 116 valence electrons. The summed E-state index contributed by atoms with van der Waals surface area (Å²) in [5.74, 6) is -0.380. The predicted molar refractivity (Wildman–Crippen MR) is 74.6 cm³/mol. The van der Waals surface area contributed by atoms with Gasteiger partial charge in [0.2, 0.25) is 0 Å². The quantitative estimate of drug-likeness (QED) is 0.692. The summed E-state index contributed by atoms with van der Waals surface area (Å²) in [6.45, 7) is 0.855. The number of carboxylic acid groups (broad SMARTS) is 1. The zero-order valence-corrected chi connectivity index (χ0v) is 12.1. The van der Waals surface area contributed by atoms with Gasteiger partial charge in [-0.3, -0.25) is 9.48 Å². The number of amides is 2. The molecule has 8 heteroatoms. The highest BCUT2D eigenvalue weighted by Crippen LogP contribution is 2.31. The SMILES string of the molecule is Cn1cnc(CCNC(=O)NCC2CCCC2C(=O)O)n1. The minimum Gasteiger partial charge on any atom is -0.481 e. The number of nitrogens with one attached hydrogen (secondary N) is 2. The van der Waals surface area contributed by atoms with Crippen LogP contribution < -0.4 is 10.6 Å². The second kappa shape index (κ2) is 7.05. The molecule has 0 spiro atoms. The molecule has 1 heterocycles. The summed E-state index contributed by atoms with van der Waals surface area (Å²) in [4.78, 5) is 26.8. The molecule has 0 saturated heterocycles. The standard InChI is InChI=1S/C13H21N5O3/c1-18-8-16-11(17-18)5-6-14-13(21)15-7-9-3-2-4-10(9)12(19)20/h8-10H,2-7H2,1H3,(H,19,20)(H2,14,15,21). The van der Waals surface area contributed by atoms with Gasteiger partial charge in [-0.25, -0.2) is 9.78 Å². The maximum atomic E-state index is 11.7. The van der Waals surface area contributed by atoms with Crippen molar-refractivity contribution in [3.63, 3.8) is 0 Å². The first-order valence-corrected chi connectivity index (χ1v) is 7.15. The second-order valence-corrected chi connectivity index (χ2v) is 5.36. The molecule has 1 saturated carbocycles. The van der Waals surface area contributed by atoms with Gasteiger partial charge in [0.15, 0.2) is 5.82 Å². The molecular weight excluding hydrogens is 274 g/mol. The lowest BCUT2D eigenvalue weighted by molar-refractivity contribution is -0.142. The minimum atomic E-state index is -0.763. The molecular formula is C13H21N5O3. The van der Waals surface area contributed by atoms with Gasteiger partial charge in [0.1, 0.15) is 6.33 Å². The van der Waals surface area contributed by atoms with E-state index < -0.39 is 5.97 Å². The molecule has 0 aliphatic heterocycles. The fraction of sp³-hybridized carbons (Fsp3) is 0.692. The van der Waals surface area contributed by atoms with Crippen LogP contribution in [-0.2, 0) is 18.3 Å². The lowest BCUT2D eigenvalue weighted by Crippen LogP contribution is -2.40. The number of aliphatic carboxylic acids is 1. The summed E-state index contributed by atoms with van der Waals surface area (Å²) in [5, 5.41) is 18.7. The molecule has 1 aromatic rings. The number of hydrogen-bond acceptors (Lipinski definition) is 4. The van der Waals surface area contributed by atoms with Gasteiger partial charge in [0.25, 0.3) is 0 Å². The van der Waals surface area contributed by atoms with Gasteiger partial charge in [-0.15, -0.1) is 0 Å². The van der Waals surface area contributed by atoms with Gasteiger partial charge < -0.3 is 15.7 Å². The molecule has 8 nitrogen and oxygen atoms in total. The Bertz CT molecular complexity index is 502. The van der Waals surface area contributed by atoms with Crippen molar-refractivity contribution in [1.82, 2.24) is 25.4 Å². The third kappa shape index (κ3) is 4.44. The molecule has 2 amide bonds. The number of carbonyl (C=O) groups excluding carboxylic acids is 1. The third-order valence-electron chi connectivity index (χ3n) is 3.78. The molecule has 21 heavy (non-hydrogen) atoms. The maximum Gasteiger partial charge on any atom is 0.314 e. The van der Waals surface area contributed by atoms with Crippen molar-refractivity contribution in [3.8, 4) is 0 Å². The minimum absolute atomic E-state index is 0.0331. The van der Waals surface area contributed by atoms with E-state index in [4.69, 9.17) is 5.11 Å². The van der Waals surface area contributed by atoms with E-state index in [1.54, 1.807) is 18.1 Å². The number of aromatic nitrogens is 3. The zero-order chi connectivity index (χ0) is 15.2. The summed E-state index contributed by atoms with van der Waals surface area (Å²) in [5.41, 5.74) is 0. The molecule has 3 N–H and O–H groups in total. The van der Waals surface area contributed by atoms with Crippen LogP contribution in [0.3, 0.4) is 0 Å². The molecule has 0 radical (unpaired) electrons. The van der Waals surface area contributed by atoms with E-state index in [0.29, 0.717) is 31.8 Å². The Kier molecular flexibility index (Phi) is 5.13. The monoisotopic (exact) mass is 295 g/mol. The van der Waals surface area contributed by atoms with Crippen molar-refractivity contribution in [2.24, 2.45) is 18.9 Å². The topological polar surface area (TPSA) is 109 Å². The molecule has 1 aliphatic carbocycles. The number of rotatable bonds is 6. The smallest absolute Gasteiger partial charge is 0.314 e. The molecule has 1 aliphatic rings. The van der Waals surface area contributed by atoms with Crippen LogP contribution in [0.2, 0.25) is 0 Å². The fourth-order valence-electron chi connectivity index (χ4n) is 2.68. The van der Waals surface area contributed by atoms with E-state index in [1.807, 2.05) is 0 Å². The van der Waals surface area contributed by atoms with Crippen molar-refractivity contribution in [3.05, 3.63) is 12.2 Å². The van der Waals surface area contributed by atoms with E-state index in [-0.39, 0.29) is 17.9 Å². The normalized spacial score (nSPS) is 21.2. The highest BCUT2D eigenvalue weighted by molar-refractivity contribution is 5.74. The van der Waals surface area contributed by atoms with E-state index in [0.717, 1.165) is 12.8 Å². The van der Waals surface area contributed by atoms with Crippen LogP contribution in [0.5, 0.6) is 0 Å². The van der Waals surface area contributed by atoms with Crippen molar-refractivity contribution in [1.29, 1.82) is 0 Å². The van der Waals surface area contributed by atoms with Gasteiger partial charge >= 0.3 is 12.0 Å². The van der Waals surface area contributed by atoms with Crippen LogP contribution in [0.1, 0.15) is 25.1 Å². The molecule has 2 atom stereocenters. The van der Waals surface area contributed by atoms with Crippen LogP contribution in [-0.4, -0.2) is 45.0 Å². The van der Waals surface area contributed by atoms with Crippen molar-refractivity contribution in [2.75, 3.05) is 13.1 Å². The molecule has 1 aromatic heterocycles. The Morgan fingerprint density at radius 1 is 1.43 bits per heavy atom. The Labute approximate surface area is 122 Å². The Balaban J connectivity index is 1.64. The summed E-state index contributed by atoms with van der Waals surface area (Å²) in [6, 6.07) is -0.276. The molecule has 0 aromatic carbocycles. The number of hydrogen-bond donors (Lipinski definition) is 3. The van der Waals surface area contributed by atoms with E-state index in [2.05, 4.69) is 20.7 Å². The first-order valence-electron chi connectivity index (χ1n) is 7.15. The Morgan fingerprint density at radius 3 is 2.90 bits per heavy atom. The fourth-order valence-corrected chi connectivity index (χ4v) is 2.68. The molecule has 2 rings (SSSR count). The number of nitrogens with zero attached hydrogens (tertiary/aromatic N) is 3. The lowest BCUT2D eigenvalue weighted by atomic mass is 9.96. The maximum absolute atomic E-state index is 11.7. The van der Waals surface area contributed by atoms with Gasteiger partial charge in [0.05, 0.1) is 5.92 Å². The van der Waals surface area contributed by atoms with Crippen LogP contribution in [0, 0.1) is 11.8 Å². The lowest BCUT2D eigenvalue weighted by Gasteiger charge is -2.16. The molecule has 2 unspecified atom stereocenters. The van der Waals surface area contributed by atoms with Gasteiger partial charge in [-0.05, 0) is 18.8 Å². The average Bonchev–Trinajstić information content (AvgIpc) is 3.05. The number of aryl methyl sites for hydroxylation is 1. The summed E-state index contributed by atoms with van der Waals surface area (Å²) in [6.07, 6.45) is 4.65. The summed E-state index contributed by atoms with van der Waals surface area (Å²) < 4.78 is 1.61. The van der Waals surface area contributed by atoms with Gasteiger partial charge in [-0.1, -0.05) is 6.42 Å². The van der Waals surface area contributed by atoms with Gasteiger partial charge in [-0.2, -0.15) is 5.10 Å². The van der Waals surface area contributed by atoms with Crippen LogP contribution >= 0.6 is 0 Å². The largest absolute Gasteiger partial charge is 0.481 e. The second-order valence-electron chi connectivity index (χ2n) is 5.36. The van der Waals surface area contributed by atoms with E-state index >= 15 is 0 Å². The average molecular weight is 295 g/mol. The van der Waals surface area contributed by atoms with Gasteiger partial charge in [0, 0.05) is 26.6 Å². The summed E-state index contributed by atoms with van der Waals surface area (Å²) >= 11 is 0. The van der Waals surface area contributed by atoms with Crippen molar-refractivity contribution < 1.29 is 14.7 Å². The zero-order valence-electron chi connectivity index (χ0n) is 12.1. The van der Waals surface area contributed by atoms with Crippen molar-refractivity contribution in [2.45, 2.75) is 25.7 Å². The Hall–Kier alpha value is -2.12. The first kappa shape index (κ1) is 15.3. The highest BCUT2D eigenvalue weighted by atomic mass is 16.4. The van der Waals surface area contributed by atoms with E-state index in [1.165, 1.54) is 0 Å². The number of carbonyl (C=O) groups is 2. The molecule has 0 bridgehead atoms. The first-order chi connectivity index (χ1) is 10.1. The third-order valence-corrected chi connectivity index (χ3v) is 3.78. The molecule has 1 fully saturated rings. The Morgan fingerprint density at radius 2 is 2.24 bits per heavy atom. The van der Waals surface area contributed by atoms with Crippen LogP contribution in [0.25, 0.3) is 0 Å². The number of carboxylic acids is 1. The van der Waals surface area contributed by atoms with Crippen LogP contribution in [0.15, 0.2) is 6.33 Å². The van der Waals surface area contributed by atoms with Crippen LogP contribution in [0.4, 0.5) is 4.79 Å². The number of urea groups is 1. The highest BCUT2D eigenvalue weighted by Gasteiger charge is 2.32. The van der Waals surface area contributed by atoms with E-state index in [9.17, 15) is 9.59 Å².